The van der Waals surface area contributed by atoms with Gasteiger partial charge in [-0.2, -0.15) is 0 Å². The molecule has 60 heavy (non-hydrogen) atoms. The van der Waals surface area contributed by atoms with Gasteiger partial charge in [0.15, 0.2) is 5.78 Å². The molecule has 10 rings (SSSR count). The van der Waals surface area contributed by atoms with Gasteiger partial charge in [0, 0.05) is 38.0 Å². The van der Waals surface area contributed by atoms with Crippen LogP contribution in [-0.2, 0) is 23.8 Å². The largest absolute Gasteiger partial charge is 0.469 e. The molecule has 2 N–H and O–H groups in total. The van der Waals surface area contributed by atoms with Crippen molar-refractivity contribution in [2.45, 2.75) is 166 Å². The van der Waals surface area contributed by atoms with Crippen LogP contribution in [0, 0.1) is 58.2 Å². The number of hydrogen-bond donors (Lipinski definition) is 2. The molecule has 0 aromatic heterocycles. The Kier molecular flexibility index (Phi) is 10.4. The average molecular weight is 824 g/mol. The SMILES string of the molecule is COC(=O)CC[C@@H](C)[C@H]1CC[C@H]2[C@@H]3[C@H](O)C[C@@H]4C[C@@H](OCCN(C)c5ccc([C@H]6C[C@]78O[C@@]7(C)CCC8C7CCC8=CC(=O)CCC8=C76)cc5)CC[C@]4(C)[C@H]3C[C@H](O)[C@]12C. The van der Waals surface area contributed by atoms with E-state index in [9.17, 15) is 19.8 Å². The predicted octanol–water partition coefficient (Wildman–Crippen LogP) is 9.12. The van der Waals surface area contributed by atoms with Gasteiger partial charge in [-0.3, -0.25) is 9.59 Å². The first-order chi connectivity index (χ1) is 28.7. The van der Waals surface area contributed by atoms with Crippen LogP contribution in [0.15, 0.2) is 47.1 Å². The van der Waals surface area contributed by atoms with Crippen LogP contribution < -0.4 is 4.90 Å². The molecule has 9 aliphatic rings. The smallest absolute Gasteiger partial charge is 0.305 e. The molecule has 6 saturated carbocycles. The fourth-order valence-corrected chi connectivity index (χ4v) is 16.7. The Morgan fingerprint density at radius 1 is 0.950 bits per heavy atom. The molecule has 328 valence electrons. The van der Waals surface area contributed by atoms with Gasteiger partial charge in [-0.1, -0.05) is 38.5 Å². The van der Waals surface area contributed by atoms with Crippen LogP contribution in [0.4, 0.5) is 5.69 Å². The molecule has 1 aliphatic heterocycles. The third-order valence-corrected chi connectivity index (χ3v) is 20.0. The minimum atomic E-state index is -0.390. The van der Waals surface area contributed by atoms with E-state index in [1.165, 1.54) is 42.3 Å². The average Bonchev–Trinajstić information content (AvgIpc) is 3.47. The fourth-order valence-electron chi connectivity index (χ4n) is 16.7. The molecule has 16 atom stereocenters. The molecule has 1 aromatic rings. The van der Waals surface area contributed by atoms with Crippen molar-refractivity contribution in [1.29, 1.82) is 0 Å². The Morgan fingerprint density at radius 2 is 1.75 bits per heavy atom. The van der Waals surface area contributed by atoms with Gasteiger partial charge >= 0.3 is 5.97 Å². The van der Waals surface area contributed by atoms with Gasteiger partial charge in [-0.15, -0.1) is 0 Å². The second kappa shape index (κ2) is 15.0. The van der Waals surface area contributed by atoms with Crippen molar-refractivity contribution in [1.82, 2.24) is 0 Å². The highest BCUT2D eigenvalue weighted by molar-refractivity contribution is 5.93. The fraction of sp³-hybridized carbons (Fsp3) is 0.769. The van der Waals surface area contributed by atoms with Crippen LogP contribution in [0.2, 0.25) is 0 Å². The van der Waals surface area contributed by atoms with Crippen molar-refractivity contribution in [2.24, 2.45) is 58.2 Å². The molecule has 0 radical (unpaired) electrons. The van der Waals surface area contributed by atoms with Crippen molar-refractivity contribution in [3.05, 3.63) is 52.6 Å². The maximum atomic E-state index is 12.5. The highest BCUT2D eigenvalue weighted by atomic mass is 16.6. The molecular weight excluding hydrogens is 751 g/mol. The van der Waals surface area contributed by atoms with Gasteiger partial charge in [0.2, 0.25) is 0 Å². The Morgan fingerprint density at radius 3 is 2.52 bits per heavy atom. The van der Waals surface area contributed by atoms with Crippen molar-refractivity contribution in [2.75, 3.05) is 32.2 Å². The molecule has 2 unspecified atom stereocenters. The number of fused-ring (bicyclic) bond motifs is 8. The van der Waals surface area contributed by atoms with Crippen molar-refractivity contribution in [3.8, 4) is 0 Å². The number of rotatable bonds is 10. The Balaban J connectivity index is 0.768. The van der Waals surface area contributed by atoms with E-state index < -0.39 is 0 Å². The zero-order chi connectivity index (χ0) is 41.9. The topological polar surface area (TPSA) is 109 Å². The third kappa shape index (κ3) is 6.31. The van der Waals surface area contributed by atoms with Crippen LogP contribution in [0.3, 0.4) is 0 Å². The molecule has 1 spiro atoms. The summed E-state index contributed by atoms with van der Waals surface area (Å²) in [6.07, 6.45) is 16.7. The minimum Gasteiger partial charge on any atom is -0.469 e. The zero-order valence-electron chi connectivity index (χ0n) is 37.4. The summed E-state index contributed by atoms with van der Waals surface area (Å²) in [5, 5.41) is 24.0. The lowest BCUT2D eigenvalue weighted by Gasteiger charge is -2.63. The summed E-state index contributed by atoms with van der Waals surface area (Å²) in [5.41, 5.74) is 6.98. The highest BCUT2D eigenvalue weighted by Gasteiger charge is 2.77. The lowest BCUT2D eigenvalue weighted by Crippen LogP contribution is -2.62. The number of carbonyl (C=O) groups excluding carboxylic acids is 2. The second-order valence-electron chi connectivity index (χ2n) is 22.3. The molecule has 0 bridgehead atoms. The van der Waals surface area contributed by atoms with Gasteiger partial charge in [0.25, 0.3) is 0 Å². The van der Waals surface area contributed by atoms with Crippen molar-refractivity contribution < 1.29 is 34.0 Å². The Hall–Kier alpha value is -2.52. The number of benzene rings is 1. The number of nitrogens with zero attached hydrogens (tertiary/aromatic N) is 1. The Bertz CT molecular complexity index is 1920. The molecule has 8 heteroatoms. The van der Waals surface area contributed by atoms with Crippen LogP contribution in [-0.4, -0.2) is 78.8 Å². The van der Waals surface area contributed by atoms with E-state index in [2.05, 4.69) is 63.9 Å². The van der Waals surface area contributed by atoms with E-state index in [-0.39, 0.29) is 52.2 Å². The van der Waals surface area contributed by atoms with E-state index in [0.29, 0.717) is 72.6 Å². The van der Waals surface area contributed by atoms with Crippen LogP contribution in [0.1, 0.15) is 142 Å². The highest BCUT2D eigenvalue weighted by Crippen LogP contribution is 2.73. The molecule has 1 heterocycles. The van der Waals surface area contributed by atoms with Crippen LogP contribution in [0.25, 0.3) is 0 Å². The summed E-state index contributed by atoms with van der Waals surface area (Å²) >= 11 is 0. The van der Waals surface area contributed by atoms with E-state index in [0.717, 1.165) is 83.6 Å². The van der Waals surface area contributed by atoms with Gasteiger partial charge in [-0.05, 0) is 190 Å². The van der Waals surface area contributed by atoms with Gasteiger partial charge in [-0.25, -0.2) is 0 Å². The number of aliphatic hydroxyl groups excluding tert-OH is 2. The summed E-state index contributed by atoms with van der Waals surface area (Å²) in [6, 6.07) is 9.34. The molecule has 8 aliphatic carbocycles. The summed E-state index contributed by atoms with van der Waals surface area (Å²) in [7, 11) is 3.63. The molecule has 8 nitrogen and oxygen atoms in total. The number of ketones is 1. The number of hydrogen-bond acceptors (Lipinski definition) is 8. The number of methoxy groups -OCH3 is 1. The molecular formula is C52H73NO7. The van der Waals surface area contributed by atoms with E-state index in [1.54, 1.807) is 5.57 Å². The maximum absolute atomic E-state index is 12.5. The number of esters is 1. The molecule has 1 saturated heterocycles. The normalized spacial score (nSPS) is 45.5. The molecule has 0 amide bonds. The third-order valence-electron chi connectivity index (χ3n) is 20.0. The number of carbonyl (C=O) groups is 2. The first kappa shape index (κ1) is 41.5. The maximum Gasteiger partial charge on any atom is 0.305 e. The number of ether oxygens (including phenoxy) is 3. The van der Waals surface area contributed by atoms with Crippen molar-refractivity contribution >= 4 is 17.4 Å². The number of epoxide rings is 1. The standard InChI is InChI=1S/C52H73NO7/c1-30(7-18-46(57)58-6)40-16-17-42-48-43(28-45(56)51(40,42)4)49(2)21-19-36(26-33(49)27-44(48)55)59-24-23-53(5)34-11-8-31(9-12-34)39-29-52-41(20-22-50(52,3)60-52)38-14-10-32-25-35(54)13-15-37(32)47(38)39/h8-9,11-12,25,30,33,36,38-45,48,55-56H,7,10,13-24,26-29H2,1-6H3/t30-,33+,36+,38?,39-,40-,41?,42+,43+,44-,45+,48+,49+,50+,51-,52-/m1/s1. The summed E-state index contributed by atoms with van der Waals surface area (Å²) in [5.74, 6) is 3.58. The number of likely N-dealkylation sites (N-methyl/N-ethyl adjacent to an activating group) is 1. The Labute approximate surface area is 359 Å². The lowest BCUT2D eigenvalue weighted by molar-refractivity contribution is -0.209. The van der Waals surface area contributed by atoms with E-state index >= 15 is 0 Å². The summed E-state index contributed by atoms with van der Waals surface area (Å²) in [6.45, 7) is 10.9. The number of aliphatic hydroxyl groups is 2. The second-order valence-corrected chi connectivity index (χ2v) is 22.3. The first-order valence-corrected chi connectivity index (χ1v) is 24.2. The monoisotopic (exact) mass is 824 g/mol. The summed E-state index contributed by atoms with van der Waals surface area (Å²) < 4.78 is 18.3. The van der Waals surface area contributed by atoms with Gasteiger partial charge in [0.05, 0.1) is 37.6 Å². The molecule has 1 aromatic carbocycles. The van der Waals surface area contributed by atoms with Gasteiger partial charge < -0.3 is 29.3 Å². The quantitative estimate of drug-likeness (QED) is 0.178. The van der Waals surface area contributed by atoms with E-state index in [1.807, 2.05) is 6.08 Å². The first-order valence-electron chi connectivity index (χ1n) is 24.2. The lowest BCUT2D eigenvalue weighted by atomic mass is 9.43. The van der Waals surface area contributed by atoms with Crippen molar-refractivity contribution in [3.63, 3.8) is 0 Å². The van der Waals surface area contributed by atoms with Crippen LogP contribution in [0.5, 0.6) is 0 Å². The number of anilines is 1. The summed E-state index contributed by atoms with van der Waals surface area (Å²) in [4.78, 5) is 26.7. The number of allylic oxidation sites excluding steroid dienone is 4. The predicted molar refractivity (Wildman–Crippen MR) is 232 cm³/mol. The molecule has 7 fully saturated rings. The van der Waals surface area contributed by atoms with E-state index in [4.69, 9.17) is 14.2 Å². The van der Waals surface area contributed by atoms with Crippen LogP contribution >= 0.6 is 0 Å². The zero-order valence-corrected chi connectivity index (χ0v) is 37.4. The van der Waals surface area contributed by atoms with Gasteiger partial charge in [0.1, 0.15) is 5.60 Å². The minimum absolute atomic E-state index is 0.0187.